The SMILES string of the molecule is O=C(COc1cc(Cl)c(Cl)cc1Cl)NCc1ncn[nH]1. The first-order chi connectivity index (χ1) is 9.56. The summed E-state index contributed by atoms with van der Waals surface area (Å²) in [6.07, 6.45) is 1.35. The van der Waals surface area contributed by atoms with Crippen molar-refractivity contribution in [2.24, 2.45) is 0 Å². The summed E-state index contributed by atoms with van der Waals surface area (Å²) in [5.74, 6) is 0.505. The third-order valence-corrected chi connectivity index (χ3v) is 3.27. The number of H-pyrrole nitrogens is 1. The average Bonchev–Trinajstić information content (AvgIpc) is 2.92. The van der Waals surface area contributed by atoms with Crippen LogP contribution in [0.1, 0.15) is 5.82 Å². The quantitative estimate of drug-likeness (QED) is 0.823. The lowest BCUT2D eigenvalue weighted by molar-refractivity contribution is -0.123. The molecule has 0 aliphatic heterocycles. The molecule has 1 heterocycles. The fourth-order valence-corrected chi connectivity index (χ4v) is 1.90. The molecule has 0 bridgehead atoms. The van der Waals surface area contributed by atoms with E-state index in [9.17, 15) is 4.79 Å². The second kappa shape index (κ2) is 6.78. The Kier molecular flexibility index (Phi) is 5.05. The van der Waals surface area contributed by atoms with E-state index in [-0.39, 0.29) is 29.8 Å². The van der Waals surface area contributed by atoms with Gasteiger partial charge in [0.1, 0.15) is 17.9 Å². The number of rotatable bonds is 5. The number of nitrogens with zero attached hydrogens (tertiary/aromatic N) is 2. The maximum Gasteiger partial charge on any atom is 0.258 e. The lowest BCUT2D eigenvalue weighted by atomic mass is 10.3. The Hall–Kier alpha value is -1.50. The summed E-state index contributed by atoms with van der Waals surface area (Å²) in [6.45, 7) is 0.0309. The van der Waals surface area contributed by atoms with Crippen molar-refractivity contribution in [3.05, 3.63) is 39.4 Å². The number of hydrogen-bond donors (Lipinski definition) is 2. The first-order valence-corrected chi connectivity index (χ1v) is 6.58. The largest absolute Gasteiger partial charge is 0.482 e. The van der Waals surface area contributed by atoms with Crippen LogP contribution in [0.5, 0.6) is 5.75 Å². The van der Waals surface area contributed by atoms with Crippen molar-refractivity contribution in [3.8, 4) is 5.75 Å². The molecule has 0 saturated carbocycles. The molecule has 1 amide bonds. The fourth-order valence-electron chi connectivity index (χ4n) is 1.31. The van der Waals surface area contributed by atoms with Crippen molar-refractivity contribution in [3.63, 3.8) is 0 Å². The lowest BCUT2D eigenvalue weighted by Gasteiger charge is -2.09. The number of nitrogens with one attached hydrogen (secondary N) is 2. The van der Waals surface area contributed by atoms with Crippen molar-refractivity contribution in [2.45, 2.75) is 6.54 Å². The maximum atomic E-state index is 11.6. The van der Waals surface area contributed by atoms with Crippen LogP contribution in [0.15, 0.2) is 18.5 Å². The Bertz CT molecular complexity index is 604. The van der Waals surface area contributed by atoms with Gasteiger partial charge in [-0.3, -0.25) is 9.89 Å². The van der Waals surface area contributed by atoms with E-state index in [2.05, 4.69) is 20.5 Å². The molecule has 2 N–H and O–H groups in total. The number of benzene rings is 1. The topological polar surface area (TPSA) is 79.9 Å². The van der Waals surface area contributed by atoms with Crippen molar-refractivity contribution in [2.75, 3.05) is 6.61 Å². The highest BCUT2D eigenvalue weighted by atomic mass is 35.5. The second-order valence-electron chi connectivity index (χ2n) is 3.69. The summed E-state index contributed by atoms with van der Waals surface area (Å²) in [5, 5.41) is 9.78. The zero-order chi connectivity index (χ0) is 14.5. The fraction of sp³-hybridized carbons (Fsp3) is 0.182. The van der Waals surface area contributed by atoms with Gasteiger partial charge in [0.25, 0.3) is 5.91 Å². The summed E-state index contributed by atoms with van der Waals surface area (Å²) in [4.78, 5) is 15.4. The molecule has 0 saturated heterocycles. The van der Waals surface area contributed by atoms with Crippen LogP contribution in [0.25, 0.3) is 0 Å². The molecule has 106 valence electrons. The molecule has 0 fully saturated rings. The molecule has 1 aromatic carbocycles. The molecule has 6 nitrogen and oxygen atoms in total. The standard InChI is InChI=1S/C11H9Cl3N4O2/c12-6-1-8(14)9(2-7(6)13)20-4-11(19)15-3-10-16-5-17-18-10/h1-2,5H,3-4H2,(H,15,19)(H,16,17,18). The van der Waals surface area contributed by atoms with Crippen LogP contribution in [0.3, 0.4) is 0 Å². The third kappa shape index (κ3) is 4.00. The first-order valence-electron chi connectivity index (χ1n) is 5.44. The van der Waals surface area contributed by atoms with Gasteiger partial charge in [-0.1, -0.05) is 34.8 Å². The van der Waals surface area contributed by atoms with Crippen LogP contribution in [0.4, 0.5) is 0 Å². The third-order valence-electron chi connectivity index (χ3n) is 2.25. The zero-order valence-corrected chi connectivity index (χ0v) is 12.3. The highest BCUT2D eigenvalue weighted by molar-refractivity contribution is 6.43. The number of amides is 1. The molecule has 0 radical (unpaired) electrons. The van der Waals surface area contributed by atoms with E-state index in [0.717, 1.165) is 0 Å². The van der Waals surface area contributed by atoms with Crippen molar-refractivity contribution >= 4 is 40.7 Å². The number of hydrogen-bond acceptors (Lipinski definition) is 4. The predicted molar refractivity (Wildman–Crippen MR) is 75.2 cm³/mol. The van der Waals surface area contributed by atoms with E-state index in [4.69, 9.17) is 39.5 Å². The summed E-state index contributed by atoms with van der Waals surface area (Å²) >= 11 is 17.5. The van der Waals surface area contributed by atoms with E-state index >= 15 is 0 Å². The minimum Gasteiger partial charge on any atom is -0.482 e. The van der Waals surface area contributed by atoms with Gasteiger partial charge >= 0.3 is 0 Å². The van der Waals surface area contributed by atoms with Gasteiger partial charge in [0.05, 0.1) is 21.6 Å². The van der Waals surface area contributed by atoms with Gasteiger partial charge in [0, 0.05) is 6.07 Å². The Labute approximate surface area is 129 Å². The van der Waals surface area contributed by atoms with Gasteiger partial charge in [-0.25, -0.2) is 4.98 Å². The predicted octanol–water partition coefficient (Wildman–Crippen LogP) is 2.46. The Morgan fingerprint density at radius 3 is 2.70 bits per heavy atom. The van der Waals surface area contributed by atoms with E-state index in [1.54, 1.807) is 0 Å². The molecule has 0 aliphatic carbocycles. The van der Waals surface area contributed by atoms with Crippen molar-refractivity contribution < 1.29 is 9.53 Å². The van der Waals surface area contributed by atoms with E-state index in [1.807, 2.05) is 0 Å². The molecule has 2 aromatic rings. The van der Waals surface area contributed by atoms with E-state index in [0.29, 0.717) is 15.9 Å². The average molecular weight is 336 g/mol. The summed E-state index contributed by atoms with van der Waals surface area (Å²) in [5.41, 5.74) is 0. The van der Waals surface area contributed by atoms with Crippen LogP contribution in [0, 0.1) is 0 Å². The molecular weight excluding hydrogens is 327 g/mol. The summed E-state index contributed by atoms with van der Waals surface area (Å²) in [7, 11) is 0. The molecule has 2 rings (SSSR count). The number of aromatic amines is 1. The van der Waals surface area contributed by atoms with E-state index < -0.39 is 0 Å². The normalized spacial score (nSPS) is 10.3. The smallest absolute Gasteiger partial charge is 0.258 e. The lowest BCUT2D eigenvalue weighted by Crippen LogP contribution is -2.28. The van der Waals surface area contributed by atoms with Crippen LogP contribution in [-0.4, -0.2) is 27.7 Å². The van der Waals surface area contributed by atoms with Crippen LogP contribution in [0.2, 0.25) is 15.1 Å². The van der Waals surface area contributed by atoms with Gasteiger partial charge in [0.2, 0.25) is 0 Å². The first kappa shape index (κ1) is 14.9. The molecule has 0 atom stereocenters. The number of aromatic nitrogens is 3. The molecule has 1 aromatic heterocycles. The van der Waals surface area contributed by atoms with Crippen molar-refractivity contribution in [1.82, 2.24) is 20.5 Å². The van der Waals surface area contributed by atoms with Gasteiger partial charge in [-0.2, -0.15) is 5.10 Å². The molecule has 0 spiro atoms. The van der Waals surface area contributed by atoms with Gasteiger partial charge in [0.15, 0.2) is 6.61 Å². The Morgan fingerprint density at radius 1 is 1.25 bits per heavy atom. The van der Waals surface area contributed by atoms with Crippen molar-refractivity contribution in [1.29, 1.82) is 0 Å². The monoisotopic (exact) mass is 334 g/mol. The van der Waals surface area contributed by atoms with Crippen LogP contribution in [-0.2, 0) is 11.3 Å². The number of ether oxygens (including phenoxy) is 1. The maximum absolute atomic E-state index is 11.6. The van der Waals surface area contributed by atoms with Gasteiger partial charge in [-0.05, 0) is 6.07 Å². The van der Waals surface area contributed by atoms with Crippen LogP contribution >= 0.6 is 34.8 Å². The number of halogens is 3. The Morgan fingerprint density at radius 2 is 2.00 bits per heavy atom. The van der Waals surface area contributed by atoms with Crippen LogP contribution < -0.4 is 10.1 Å². The molecule has 0 aliphatic rings. The summed E-state index contributed by atoms with van der Waals surface area (Å²) in [6, 6.07) is 2.91. The molecule has 0 unspecified atom stereocenters. The highest BCUT2D eigenvalue weighted by Crippen LogP contribution is 2.33. The summed E-state index contributed by atoms with van der Waals surface area (Å²) < 4.78 is 5.27. The highest BCUT2D eigenvalue weighted by Gasteiger charge is 2.09. The minimum atomic E-state index is -0.330. The second-order valence-corrected chi connectivity index (χ2v) is 4.92. The zero-order valence-electron chi connectivity index (χ0n) is 9.99. The van der Waals surface area contributed by atoms with Gasteiger partial charge in [-0.15, -0.1) is 0 Å². The molecule has 20 heavy (non-hydrogen) atoms. The number of carbonyl (C=O) groups is 1. The van der Waals surface area contributed by atoms with E-state index in [1.165, 1.54) is 18.5 Å². The molecular formula is C11H9Cl3N4O2. The van der Waals surface area contributed by atoms with Gasteiger partial charge < -0.3 is 10.1 Å². The minimum absolute atomic E-state index is 0.203. The molecule has 9 heteroatoms. The number of carbonyl (C=O) groups excluding carboxylic acids is 1. The Balaban J connectivity index is 1.85.